The lowest BCUT2D eigenvalue weighted by molar-refractivity contribution is 0.0293. The van der Waals surface area contributed by atoms with Gasteiger partial charge in [-0.1, -0.05) is 0 Å². The molecule has 0 aliphatic carbocycles. The average Bonchev–Trinajstić information content (AvgIpc) is 2.87. The first-order valence-electron chi connectivity index (χ1n) is 6.60. The monoisotopic (exact) mass is 260 g/mol. The van der Waals surface area contributed by atoms with Crippen LogP contribution in [0.15, 0.2) is 18.2 Å². The van der Waals surface area contributed by atoms with Crippen molar-refractivity contribution in [3.05, 3.63) is 29.3 Å². The number of benzene rings is 1. The number of hydrogen-bond acceptors (Lipinski definition) is 3. The normalized spacial score (nSPS) is 20.6. The van der Waals surface area contributed by atoms with Crippen molar-refractivity contribution in [1.82, 2.24) is 10.2 Å². The molecule has 100 valence electrons. The number of carbonyl (C=O) groups excluding carboxylic acids is 2. The third-order valence-electron chi connectivity index (χ3n) is 3.53. The summed E-state index contributed by atoms with van der Waals surface area (Å²) >= 11 is 0. The van der Waals surface area contributed by atoms with Gasteiger partial charge in [0.15, 0.2) is 6.23 Å². The van der Waals surface area contributed by atoms with Crippen LogP contribution in [0.5, 0.6) is 5.75 Å². The van der Waals surface area contributed by atoms with E-state index in [1.807, 2.05) is 6.92 Å². The van der Waals surface area contributed by atoms with Crippen LogP contribution in [-0.4, -0.2) is 36.0 Å². The zero-order chi connectivity index (χ0) is 13.4. The molecule has 0 spiro atoms. The molecular weight excluding hydrogens is 244 g/mol. The van der Waals surface area contributed by atoms with Crippen molar-refractivity contribution < 1.29 is 14.3 Å². The first-order chi connectivity index (χ1) is 9.20. The highest BCUT2D eigenvalue weighted by Crippen LogP contribution is 2.33. The molecule has 3 rings (SSSR count). The maximum Gasteiger partial charge on any atom is 0.260 e. The Labute approximate surface area is 111 Å². The van der Waals surface area contributed by atoms with E-state index in [9.17, 15) is 9.59 Å². The van der Waals surface area contributed by atoms with Gasteiger partial charge in [-0.3, -0.25) is 9.59 Å². The number of hydrogen-bond donors (Lipinski definition) is 1. The van der Waals surface area contributed by atoms with Crippen molar-refractivity contribution in [3.8, 4) is 5.75 Å². The fourth-order valence-corrected chi connectivity index (χ4v) is 2.59. The minimum Gasteiger partial charge on any atom is -0.470 e. The van der Waals surface area contributed by atoms with E-state index in [1.165, 1.54) is 0 Å². The molecule has 1 unspecified atom stereocenters. The van der Waals surface area contributed by atoms with E-state index in [1.54, 1.807) is 23.1 Å². The third kappa shape index (κ3) is 1.95. The minimum absolute atomic E-state index is 0.00574. The second-order valence-electron chi connectivity index (χ2n) is 4.78. The Morgan fingerprint density at radius 2 is 2.37 bits per heavy atom. The molecule has 1 atom stereocenters. The number of nitrogens with one attached hydrogen (secondary N) is 1. The highest BCUT2D eigenvalue weighted by Gasteiger charge is 2.37. The van der Waals surface area contributed by atoms with Crippen molar-refractivity contribution in [2.24, 2.45) is 0 Å². The summed E-state index contributed by atoms with van der Waals surface area (Å²) in [4.78, 5) is 25.8. The summed E-state index contributed by atoms with van der Waals surface area (Å²) < 4.78 is 5.82. The van der Waals surface area contributed by atoms with Crippen LogP contribution < -0.4 is 10.1 Å². The Kier molecular flexibility index (Phi) is 2.89. The van der Waals surface area contributed by atoms with Crippen LogP contribution in [0.1, 0.15) is 40.5 Å². The van der Waals surface area contributed by atoms with Crippen molar-refractivity contribution in [2.75, 3.05) is 13.1 Å². The predicted octanol–water partition coefficient (Wildman–Crippen LogP) is 1.39. The van der Waals surface area contributed by atoms with Gasteiger partial charge >= 0.3 is 0 Å². The van der Waals surface area contributed by atoms with Gasteiger partial charge in [-0.25, -0.2) is 0 Å². The Morgan fingerprint density at radius 3 is 3.16 bits per heavy atom. The molecule has 0 bridgehead atoms. The number of nitrogens with zero attached hydrogens (tertiary/aromatic N) is 1. The molecule has 1 aromatic rings. The van der Waals surface area contributed by atoms with E-state index in [-0.39, 0.29) is 18.0 Å². The zero-order valence-electron chi connectivity index (χ0n) is 10.8. The first-order valence-corrected chi connectivity index (χ1v) is 6.60. The van der Waals surface area contributed by atoms with Gasteiger partial charge < -0.3 is 15.0 Å². The van der Waals surface area contributed by atoms with Gasteiger partial charge in [0.05, 0.1) is 5.56 Å². The van der Waals surface area contributed by atoms with Crippen molar-refractivity contribution in [1.29, 1.82) is 0 Å². The lowest BCUT2D eigenvalue weighted by Gasteiger charge is -2.31. The molecule has 0 radical (unpaired) electrons. The topological polar surface area (TPSA) is 58.6 Å². The van der Waals surface area contributed by atoms with Gasteiger partial charge in [0.1, 0.15) is 5.75 Å². The van der Waals surface area contributed by atoms with Crippen LogP contribution in [0.3, 0.4) is 0 Å². The van der Waals surface area contributed by atoms with Gasteiger partial charge in [-0.15, -0.1) is 0 Å². The number of amides is 2. The van der Waals surface area contributed by atoms with Crippen LogP contribution in [0.2, 0.25) is 0 Å². The Bertz CT molecular complexity index is 541. The second kappa shape index (κ2) is 4.57. The molecule has 5 nitrogen and oxygen atoms in total. The molecule has 0 saturated carbocycles. The minimum atomic E-state index is -0.163. The Hall–Kier alpha value is -2.04. The summed E-state index contributed by atoms with van der Waals surface area (Å²) in [5, 5.41) is 2.74. The summed E-state index contributed by atoms with van der Waals surface area (Å²) in [5.74, 6) is 0.387. The van der Waals surface area contributed by atoms with E-state index in [0.717, 1.165) is 19.4 Å². The van der Waals surface area contributed by atoms with Crippen LogP contribution >= 0.6 is 0 Å². The summed E-state index contributed by atoms with van der Waals surface area (Å²) in [6, 6.07) is 5.01. The molecule has 2 aliphatic rings. The molecular formula is C14H16N2O3. The Morgan fingerprint density at radius 1 is 1.53 bits per heavy atom. The fraction of sp³-hybridized carbons (Fsp3) is 0.429. The molecule has 1 aromatic carbocycles. The lowest BCUT2D eigenvalue weighted by Crippen LogP contribution is -2.43. The van der Waals surface area contributed by atoms with Crippen LogP contribution in [0.25, 0.3) is 0 Å². The Balaban J connectivity index is 1.94. The SMILES string of the molecule is CCNC(=O)c1ccc2c(c1)OC1CCCN1C2=O. The van der Waals surface area contributed by atoms with E-state index in [4.69, 9.17) is 4.74 Å². The molecule has 2 aliphatic heterocycles. The van der Waals surface area contributed by atoms with Gasteiger partial charge in [-0.2, -0.15) is 0 Å². The van der Waals surface area contributed by atoms with Gasteiger partial charge in [0.2, 0.25) is 0 Å². The van der Waals surface area contributed by atoms with Crippen molar-refractivity contribution in [2.45, 2.75) is 26.0 Å². The highest BCUT2D eigenvalue weighted by molar-refractivity contribution is 6.01. The number of carbonyl (C=O) groups is 2. The second-order valence-corrected chi connectivity index (χ2v) is 4.78. The molecule has 2 heterocycles. The smallest absolute Gasteiger partial charge is 0.260 e. The molecule has 1 N–H and O–H groups in total. The number of fused-ring (bicyclic) bond motifs is 2. The largest absolute Gasteiger partial charge is 0.470 e. The fourth-order valence-electron chi connectivity index (χ4n) is 2.59. The maximum atomic E-state index is 12.3. The molecule has 1 fully saturated rings. The lowest BCUT2D eigenvalue weighted by atomic mass is 10.1. The van der Waals surface area contributed by atoms with Crippen LogP contribution in [0, 0.1) is 0 Å². The highest BCUT2D eigenvalue weighted by atomic mass is 16.5. The average molecular weight is 260 g/mol. The van der Waals surface area contributed by atoms with Gasteiger partial charge in [0.25, 0.3) is 11.8 Å². The molecule has 5 heteroatoms. The number of rotatable bonds is 2. The summed E-state index contributed by atoms with van der Waals surface area (Å²) in [6.45, 7) is 3.19. The van der Waals surface area contributed by atoms with Crippen LogP contribution in [0.4, 0.5) is 0 Å². The quantitative estimate of drug-likeness (QED) is 0.874. The molecule has 0 aromatic heterocycles. The zero-order valence-corrected chi connectivity index (χ0v) is 10.8. The van der Waals surface area contributed by atoms with E-state index < -0.39 is 0 Å². The molecule has 19 heavy (non-hydrogen) atoms. The van der Waals surface area contributed by atoms with Crippen molar-refractivity contribution in [3.63, 3.8) is 0 Å². The van der Waals surface area contributed by atoms with E-state index in [0.29, 0.717) is 23.4 Å². The van der Waals surface area contributed by atoms with Gasteiger partial charge in [0, 0.05) is 25.1 Å². The standard InChI is InChI=1S/C14H16N2O3/c1-2-15-13(17)9-5-6-10-11(8-9)19-12-4-3-7-16(12)14(10)18/h5-6,8,12H,2-4,7H2,1H3,(H,15,17). The van der Waals surface area contributed by atoms with Crippen LogP contribution in [-0.2, 0) is 0 Å². The predicted molar refractivity (Wildman–Crippen MR) is 69.1 cm³/mol. The third-order valence-corrected chi connectivity index (χ3v) is 3.53. The summed E-state index contributed by atoms with van der Waals surface area (Å²) in [5.41, 5.74) is 1.08. The van der Waals surface area contributed by atoms with Gasteiger partial charge in [-0.05, 0) is 31.5 Å². The van der Waals surface area contributed by atoms with E-state index in [2.05, 4.69) is 5.32 Å². The van der Waals surface area contributed by atoms with E-state index >= 15 is 0 Å². The summed E-state index contributed by atoms with van der Waals surface area (Å²) in [6.07, 6.45) is 1.66. The maximum absolute atomic E-state index is 12.3. The number of ether oxygens (including phenoxy) is 1. The molecule has 1 saturated heterocycles. The molecule has 2 amide bonds. The first kappa shape index (κ1) is 12.0. The summed E-state index contributed by atoms with van der Waals surface area (Å²) in [7, 11) is 0. The van der Waals surface area contributed by atoms with Crippen molar-refractivity contribution >= 4 is 11.8 Å².